The van der Waals surface area contributed by atoms with E-state index in [1.165, 1.54) is 14.2 Å². The van der Waals surface area contributed by atoms with Gasteiger partial charge >= 0.3 is 0 Å². The molecule has 3 heteroatoms. The fourth-order valence-electron chi connectivity index (χ4n) is 0.544. The van der Waals surface area contributed by atoms with Crippen molar-refractivity contribution in [3.05, 3.63) is 15.4 Å². The van der Waals surface area contributed by atoms with E-state index in [2.05, 4.69) is 34.5 Å². The normalized spacial score (nSPS) is 10.1. The van der Waals surface area contributed by atoms with Crippen LogP contribution in [-0.2, 0) is 0 Å². The van der Waals surface area contributed by atoms with Gasteiger partial charge in [-0.05, 0) is 40.1 Å². The molecule has 50 valence electrons. The summed E-state index contributed by atoms with van der Waals surface area (Å²) in [6.45, 7) is 2.11. The highest BCUT2D eigenvalue weighted by atomic mass is 79.9. The van der Waals surface area contributed by atoms with Gasteiger partial charge in [0.1, 0.15) is 0 Å². The van der Waals surface area contributed by atoms with Gasteiger partial charge in [0, 0.05) is 4.47 Å². The van der Waals surface area contributed by atoms with Crippen LogP contribution in [0.5, 0.6) is 0 Å². The Kier molecular flexibility index (Phi) is 2.61. The molecule has 0 saturated heterocycles. The van der Waals surface area contributed by atoms with E-state index in [9.17, 15) is 0 Å². The average molecular weight is 223 g/mol. The number of halogens is 1. The number of hydrogen-bond acceptors (Lipinski definition) is 2. The van der Waals surface area contributed by atoms with Crippen molar-refractivity contribution in [3.8, 4) is 0 Å². The van der Waals surface area contributed by atoms with Crippen LogP contribution in [0.1, 0.15) is 5.56 Å². The maximum absolute atomic E-state index is 3.50. The van der Waals surface area contributed by atoms with Crippen molar-refractivity contribution in [3.63, 3.8) is 0 Å². The largest absolute Gasteiger partial charge is 0.136 e. The molecule has 0 aliphatic rings. The fourth-order valence-corrected chi connectivity index (χ4v) is 3.11. The van der Waals surface area contributed by atoms with Crippen molar-refractivity contribution in [2.75, 3.05) is 6.26 Å². The number of thioether (sulfide) groups is 1. The van der Waals surface area contributed by atoms with E-state index < -0.39 is 0 Å². The Balaban J connectivity index is 3.04. The maximum Gasteiger partial charge on any atom is 0.0741 e. The fraction of sp³-hybridized carbons (Fsp3) is 0.333. The first-order valence-corrected chi connectivity index (χ1v) is 5.43. The molecule has 0 amide bonds. The molecule has 0 N–H and O–H groups in total. The van der Waals surface area contributed by atoms with Gasteiger partial charge in [-0.25, -0.2) is 0 Å². The third-order valence-electron chi connectivity index (χ3n) is 1.05. The van der Waals surface area contributed by atoms with Gasteiger partial charge in [0.2, 0.25) is 0 Å². The van der Waals surface area contributed by atoms with E-state index >= 15 is 0 Å². The Morgan fingerprint density at radius 2 is 2.33 bits per heavy atom. The first-order valence-electron chi connectivity index (χ1n) is 2.53. The van der Waals surface area contributed by atoms with E-state index in [-0.39, 0.29) is 0 Å². The third-order valence-corrected chi connectivity index (χ3v) is 4.85. The predicted octanol–water partition coefficient (Wildman–Crippen LogP) is 3.54. The van der Waals surface area contributed by atoms with Gasteiger partial charge in [-0.1, -0.05) is 0 Å². The summed E-state index contributed by atoms with van der Waals surface area (Å²) in [5.74, 6) is 0. The van der Waals surface area contributed by atoms with Crippen molar-refractivity contribution < 1.29 is 0 Å². The average Bonchev–Trinajstić information content (AvgIpc) is 2.15. The topological polar surface area (TPSA) is 0 Å². The molecule has 9 heavy (non-hydrogen) atoms. The van der Waals surface area contributed by atoms with Crippen molar-refractivity contribution >= 4 is 39.0 Å². The smallest absolute Gasteiger partial charge is 0.0741 e. The third kappa shape index (κ3) is 1.51. The zero-order chi connectivity index (χ0) is 6.85. The van der Waals surface area contributed by atoms with Crippen LogP contribution in [0.25, 0.3) is 0 Å². The molecule has 1 aromatic rings. The van der Waals surface area contributed by atoms with E-state index in [0.717, 1.165) is 0 Å². The zero-order valence-corrected chi connectivity index (χ0v) is 8.49. The maximum atomic E-state index is 3.50. The van der Waals surface area contributed by atoms with Gasteiger partial charge in [0.05, 0.1) is 4.21 Å². The lowest BCUT2D eigenvalue weighted by Gasteiger charge is -1.88. The van der Waals surface area contributed by atoms with Crippen molar-refractivity contribution in [2.24, 2.45) is 0 Å². The molecule has 0 saturated carbocycles. The second kappa shape index (κ2) is 3.08. The summed E-state index contributed by atoms with van der Waals surface area (Å²) in [7, 11) is 0. The highest BCUT2D eigenvalue weighted by molar-refractivity contribution is 9.10. The zero-order valence-electron chi connectivity index (χ0n) is 5.27. The first kappa shape index (κ1) is 7.63. The van der Waals surface area contributed by atoms with Gasteiger partial charge in [0.15, 0.2) is 0 Å². The van der Waals surface area contributed by atoms with Crippen LogP contribution in [0.15, 0.2) is 14.1 Å². The molecule has 0 aliphatic heterocycles. The Bertz CT molecular complexity index is 205. The predicted molar refractivity (Wildman–Crippen MR) is 48.5 cm³/mol. The summed E-state index contributed by atoms with van der Waals surface area (Å²) >= 11 is 7.08. The molecule has 0 aromatic carbocycles. The summed E-state index contributed by atoms with van der Waals surface area (Å²) in [5, 5.41) is 2.16. The van der Waals surface area contributed by atoms with Crippen LogP contribution in [0, 0.1) is 6.92 Å². The molecule has 0 unspecified atom stereocenters. The summed E-state index contributed by atoms with van der Waals surface area (Å²) in [5.41, 5.74) is 1.34. The minimum Gasteiger partial charge on any atom is -0.136 e. The van der Waals surface area contributed by atoms with E-state index in [1.807, 2.05) is 0 Å². The Labute approximate surface area is 71.8 Å². The van der Waals surface area contributed by atoms with E-state index in [1.54, 1.807) is 23.1 Å². The van der Waals surface area contributed by atoms with E-state index in [4.69, 9.17) is 0 Å². The molecule has 1 rings (SSSR count). The minimum atomic E-state index is 1.26. The van der Waals surface area contributed by atoms with Crippen molar-refractivity contribution in [1.29, 1.82) is 0 Å². The highest BCUT2D eigenvalue weighted by Crippen LogP contribution is 2.34. The highest BCUT2D eigenvalue weighted by Gasteiger charge is 2.02. The lowest BCUT2D eigenvalue weighted by atomic mass is 10.4. The van der Waals surface area contributed by atoms with E-state index in [0.29, 0.717) is 0 Å². The van der Waals surface area contributed by atoms with Crippen LogP contribution in [0.4, 0.5) is 0 Å². The summed E-state index contributed by atoms with van der Waals surface area (Å²) in [4.78, 5) is 0. The molecule has 0 radical (unpaired) electrons. The van der Waals surface area contributed by atoms with Crippen LogP contribution in [-0.4, -0.2) is 6.26 Å². The van der Waals surface area contributed by atoms with Gasteiger partial charge < -0.3 is 0 Å². The number of aryl methyl sites for hydroxylation is 1. The molecule has 0 bridgehead atoms. The van der Waals surface area contributed by atoms with Gasteiger partial charge in [-0.2, -0.15) is 0 Å². The molecule has 0 nitrogen and oxygen atoms in total. The van der Waals surface area contributed by atoms with Crippen molar-refractivity contribution in [2.45, 2.75) is 11.1 Å². The summed E-state index contributed by atoms with van der Waals surface area (Å²) in [6, 6.07) is 0. The summed E-state index contributed by atoms with van der Waals surface area (Å²) in [6.07, 6.45) is 2.09. The molecule has 0 aliphatic carbocycles. The molecule has 0 fully saturated rings. The van der Waals surface area contributed by atoms with Crippen LogP contribution in [0.2, 0.25) is 0 Å². The molecular formula is C6H7BrS2. The molecule has 0 spiro atoms. The minimum absolute atomic E-state index is 1.26. The molecule has 0 atom stereocenters. The van der Waals surface area contributed by atoms with Crippen molar-refractivity contribution in [1.82, 2.24) is 0 Å². The second-order valence-electron chi connectivity index (χ2n) is 1.72. The van der Waals surface area contributed by atoms with Crippen LogP contribution < -0.4 is 0 Å². The number of rotatable bonds is 1. The van der Waals surface area contributed by atoms with Gasteiger partial charge in [-0.3, -0.25) is 0 Å². The number of hydrogen-bond donors (Lipinski definition) is 0. The Morgan fingerprint density at radius 3 is 2.56 bits per heavy atom. The lowest BCUT2D eigenvalue weighted by molar-refractivity contribution is 1.45. The lowest BCUT2D eigenvalue weighted by Crippen LogP contribution is -1.63. The molecular weight excluding hydrogens is 216 g/mol. The van der Waals surface area contributed by atoms with Gasteiger partial charge in [0.25, 0.3) is 0 Å². The molecule has 1 heterocycles. The Hall–Kier alpha value is 0.530. The SMILES string of the molecule is CSc1scc(C)c1Br. The van der Waals surface area contributed by atoms with Gasteiger partial charge in [-0.15, -0.1) is 23.1 Å². The summed E-state index contributed by atoms with van der Waals surface area (Å²) < 4.78 is 2.63. The second-order valence-corrected chi connectivity index (χ2v) is 4.47. The van der Waals surface area contributed by atoms with Crippen LogP contribution in [0.3, 0.4) is 0 Å². The van der Waals surface area contributed by atoms with Crippen LogP contribution >= 0.6 is 39.0 Å². The molecule has 1 aromatic heterocycles. The quantitative estimate of drug-likeness (QED) is 0.656. The standard InChI is InChI=1S/C6H7BrS2/c1-4-3-9-6(8-2)5(4)7/h3H,1-2H3. The number of thiophene rings is 1. The first-order chi connectivity index (χ1) is 4.25. The monoisotopic (exact) mass is 222 g/mol. The Morgan fingerprint density at radius 1 is 1.67 bits per heavy atom.